The third-order valence-electron chi connectivity index (χ3n) is 7.34. The van der Waals surface area contributed by atoms with E-state index in [0.29, 0.717) is 11.6 Å². The van der Waals surface area contributed by atoms with Gasteiger partial charge in [-0.2, -0.15) is 0 Å². The average Bonchev–Trinajstić information content (AvgIpc) is 3.72. The number of pyridine rings is 1. The summed E-state index contributed by atoms with van der Waals surface area (Å²) in [6, 6.07) is 10.1. The van der Waals surface area contributed by atoms with Crippen molar-refractivity contribution in [3.8, 4) is 16.9 Å². The van der Waals surface area contributed by atoms with E-state index in [1.54, 1.807) is 18.3 Å². The molecule has 0 amide bonds. The molecule has 35 heavy (non-hydrogen) atoms. The number of carbonyl (C=O) groups is 1. The fraction of sp³-hybridized carbons (Fsp3) is 0.357. The number of rotatable bonds is 7. The lowest BCUT2D eigenvalue weighted by molar-refractivity contribution is 0.0968. The molecule has 1 heterocycles. The van der Waals surface area contributed by atoms with Gasteiger partial charge in [0.2, 0.25) is 0 Å². The normalized spacial score (nSPS) is 20.0. The van der Waals surface area contributed by atoms with E-state index < -0.39 is 0 Å². The second kappa shape index (κ2) is 9.71. The predicted molar refractivity (Wildman–Crippen MR) is 144 cm³/mol. The van der Waals surface area contributed by atoms with E-state index in [-0.39, 0.29) is 33.5 Å². The summed E-state index contributed by atoms with van der Waals surface area (Å²) in [5.74, 6) is 0.143. The Kier molecular flexibility index (Phi) is 6.65. The first-order chi connectivity index (χ1) is 16.9. The Morgan fingerprint density at radius 3 is 2.40 bits per heavy atom. The minimum atomic E-state index is -0.128. The van der Waals surface area contributed by atoms with Crippen LogP contribution in [0.5, 0.6) is 5.75 Å². The molecule has 2 saturated carbocycles. The maximum Gasteiger partial charge on any atom is 0.169 e. The summed E-state index contributed by atoms with van der Waals surface area (Å²) in [5.41, 5.74) is 4.03. The molecule has 2 fully saturated rings. The molecule has 182 valence electrons. The first-order valence-corrected chi connectivity index (χ1v) is 12.9. The monoisotopic (exact) mass is 509 g/mol. The maximum absolute atomic E-state index is 13.2. The molecule has 0 unspecified atom stereocenters. The van der Waals surface area contributed by atoms with Crippen molar-refractivity contribution in [2.24, 2.45) is 5.92 Å². The number of aromatic hydroxyl groups is 1. The van der Waals surface area contributed by atoms with Gasteiger partial charge in [0.25, 0.3) is 0 Å². The zero-order chi connectivity index (χ0) is 24.7. The van der Waals surface area contributed by atoms with Gasteiger partial charge in [-0.15, -0.1) is 0 Å². The Balaban J connectivity index is 1.54. The average molecular weight is 510 g/mol. The first kappa shape index (κ1) is 24.0. The molecule has 5 rings (SSSR count). The van der Waals surface area contributed by atoms with E-state index in [0.717, 1.165) is 66.2 Å². The van der Waals surface area contributed by atoms with Crippen molar-refractivity contribution in [3.05, 3.63) is 64.9 Å². The zero-order valence-corrected chi connectivity index (χ0v) is 21.2. The Bertz CT molecular complexity index is 1270. The smallest absolute Gasteiger partial charge is 0.169 e. The molecule has 0 saturated heterocycles. The minimum absolute atomic E-state index is 0.102. The standard InChI is InChI=1S/C28H29Cl2N3O2/c1-3-33(2)20-9-7-19(8-10-20)32-26-21-12-17(18-13-23(29)28(35)24(30)14-18)6-11-25(21)31-15-22(26)27(34)16-4-5-16/h3,6,11-16,19-20,35H,1,4-5,7-10H2,2H3,(H,31,32). The van der Waals surface area contributed by atoms with Crippen molar-refractivity contribution >= 4 is 45.6 Å². The third-order valence-corrected chi connectivity index (χ3v) is 7.92. The minimum Gasteiger partial charge on any atom is -0.505 e. The molecular weight excluding hydrogens is 481 g/mol. The van der Waals surface area contributed by atoms with E-state index >= 15 is 0 Å². The number of Topliss-reactive ketones (excluding diaryl/α,β-unsaturated/α-hetero) is 1. The van der Waals surface area contributed by atoms with Gasteiger partial charge < -0.3 is 15.3 Å². The number of benzene rings is 2. The molecule has 2 aromatic carbocycles. The highest BCUT2D eigenvalue weighted by molar-refractivity contribution is 6.37. The zero-order valence-electron chi connectivity index (χ0n) is 19.7. The van der Waals surface area contributed by atoms with Crippen LogP contribution in [0.25, 0.3) is 22.0 Å². The van der Waals surface area contributed by atoms with Crippen molar-refractivity contribution in [3.63, 3.8) is 0 Å². The topological polar surface area (TPSA) is 65.5 Å². The van der Waals surface area contributed by atoms with Gasteiger partial charge in [-0.1, -0.05) is 35.8 Å². The van der Waals surface area contributed by atoms with E-state index in [4.69, 9.17) is 23.2 Å². The van der Waals surface area contributed by atoms with Gasteiger partial charge in [0.05, 0.1) is 26.8 Å². The fourth-order valence-electron chi connectivity index (χ4n) is 4.99. The van der Waals surface area contributed by atoms with Gasteiger partial charge in [0.1, 0.15) is 0 Å². The summed E-state index contributed by atoms with van der Waals surface area (Å²) in [6.07, 6.45) is 9.70. The van der Waals surface area contributed by atoms with Gasteiger partial charge in [0.15, 0.2) is 11.5 Å². The van der Waals surface area contributed by atoms with Crippen molar-refractivity contribution < 1.29 is 9.90 Å². The van der Waals surface area contributed by atoms with Crippen LogP contribution in [0, 0.1) is 5.92 Å². The summed E-state index contributed by atoms with van der Waals surface area (Å²) >= 11 is 12.4. The molecule has 0 atom stereocenters. The van der Waals surface area contributed by atoms with Crippen LogP contribution in [-0.2, 0) is 0 Å². The van der Waals surface area contributed by atoms with E-state index in [1.165, 1.54) is 0 Å². The summed E-state index contributed by atoms with van der Waals surface area (Å²) in [7, 11) is 2.08. The number of hydrogen-bond acceptors (Lipinski definition) is 5. The second-order valence-electron chi connectivity index (χ2n) is 9.70. The number of halogens is 2. The Morgan fingerprint density at radius 2 is 1.77 bits per heavy atom. The van der Waals surface area contributed by atoms with Gasteiger partial charge in [-0.3, -0.25) is 9.78 Å². The fourth-order valence-corrected chi connectivity index (χ4v) is 5.48. The lowest BCUT2D eigenvalue weighted by Gasteiger charge is -2.35. The number of anilines is 1. The second-order valence-corrected chi connectivity index (χ2v) is 10.5. The third kappa shape index (κ3) is 4.85. The van der Waals surface area contributed by atoms with Crippen LogP contribution in [0.4, 0.5) is 5.69 Å². The number of hydrogen-bond donors (Lipinski definition) is 2. The van der Waals surface area contributed by atoms with Gasteiger partial charge >= 0.3 is 0 Å². The summed E-state index contributed by atoms with van der Waals surface area (Å²) < 4.78 is 0. The number of aromatic nitrogens is 1. The van der Waals surface area contributed by atoms with Crippen LogP contribution in [0.3, 0.4) is 0 Å². The highest BCUT2D eigenvalue weighted by atomic mass is 35.5. The van der Waals surface area contributed by atoms with Gasteiger partial charge in [0, 0.05) is 36.6 Å². The molecule has 0 radical (unpaired) electrons. The number of fused-ring (bicyclic) bond motifs is 1. The predicted octanol–water partition coefficient (Wildman–Crippen LogP) is 7.31. The summed E-state index contributed by atoms with van der Waals surface area (Å²) in [4.78, 5) is 20.0. The molecule has 7 heteroatoms. The molecule has 3 aromatic rings. The summed E-state index contributed by atoms with van der Waals surface area (Å²) in [5, 5.41) is 15.0. The lowest BCUT2D eigenvalue weighted by atomic mass is 9.89. The summed E-state index contributed by atoms with van der Waals surface area (Å²) in [6.45, 7) is 3.89. The Labute approximate surface area is 215 Å². The van der Waals surface area contributed by atoms with E-state index in [1.807, 2.05) is 24.4 Å². The highest BCUT2D eigenvalue weighted by Crippen LogP contribution is 2.40. The Morgan fingerprint density at radius 1 is 1.09 bits per heavy atom. The van der Waals surface area contributed by atoms with Gasteiger partial charge in [-0.25, -0.2) is 0 Å². The quantitative estimate of drug-likeness (QED) is 0.327. The lowest BCUT2D eigenvalue weighted by Crippen LogP contribution is -2.36. The largest absolute Gasteiger partial charge is 0.505 e. The molecule has 2 N–H and O–H groups in total. The first-order valence-electron chi connectivity index (χ1n) is 12.1. The molecule has 0 bridgehead atoms. The number of ketones is 1. The number of carbonyl (C=O) groups excluding carboxylic acids is 1. The van der Waals surface area contributed by atoms with Crippen LogP contribution < -0.4 is 5.32 Å². The number of nitrogens with zero attached hydrogens (tertiary/aromatic N) is 2. The molecule has 1 aromatic heterocycles. The highest BCUT2D eigenvalue weighted by Gasteiger charge is 2.33. The number of phenolic OH excluding ortho intramolecular Hbond substituents is 1. The van der Waals surface area contributed by atoms with Crippen LogP contribution in [0.15, 0.2) is 49.3 Å². The van der Waals surface area contributed by atoms with E-state index in [2.05, 4.69) is 28.8 Å². The maximum atomic E-state index is 13.2. The number of phenols is 1. The molecular formula is C28H29Cl2N3O2. The van der Waals surface area contributed by atoms with Crippen molar-refractivity contribution in [1.82, 2.24) is 9.88 Å². The molecule has 2 aliphatic carbocycles. The Hall–Kier alpha value is -2.76. The van der Waals surface area contributed by atoms with Crippen molar-refractivity contribution in [2.75, 3.05) is 12.4 Å². The number of nitrogens with one attached hydrogen (secondary N) is 1. The molecule has 0 aliphatic heterocycles. The van der Waals surface area contributed by atoms with Crippen LogP contribution >= 0.6 is 23.2 Å². The van der Waals surface area contributed by atoms with Crippen molar-refractivity contribution in [2.45, 2.75) is 50.6 Å². The van der Waals surface area contributed by atoms with Crippen molar-refractivity contribution in [1.29, 1.82) is 0 Å². The van der Waals surface area contributed by atoms with Crippen LogP contribution in [-0.4, -0.2) is 39.9 Å². The van der Waals surface area contributed by atoms with E-state index in [9.17, 15) is 9.90 Å². The molecule has 2 aliphatic rings. The SMILES string of the molecule is C=CN(C)C1CCC(Nc2c(C(=O)C3CC3)cnc3ccc(-c4cc(Cl)c(O)c(Cl)c4)cc23)CC1. The molecule has 5 nitrogen and oxygen atoms in total. The van der Waals surface area contributed by atoms with Crippen LogP contribution in [0.2, 0.25) is 10.0 Å². The molecule has 0 spiro atoms. The van der Waals surface area contributed by atoms with Crippen LogP contribution in [0.1, 0.15) is 48.9 Å². The van der Waals surface area contributed by atoms with Gasteiger partial charge in [-0.05, 0) is 80.1 Å².